The minimum Gasteiger partial charge on any atom is -0.348 e. The highest BCUT2D eigenvalue weighted by Gasteiger charge is 2.20. The fourth-order valence-electron chi connectivity index (χ4n) is 2.00. The van der Waals surface area contributed by atoms with E-state index in [4.69, 9.17) is 5.73 Å². The lowest BCUT2D eigenvalue weighted by molar-refractivity contribution is -0.123. The summed E-state index contributed by atoms with van der Waals surface area (Å²) in [5.41, 5.74) is 6.70. The normalized spacial score (nSPS) is 13.8. The number of nitrogens with one attached hydrogen (secondary N) is 1. The number of hydrogen-bond donors (Lipinski definition) is 2. The number of benzene rings is 1. The molecule has 0 aliphatic rings. The standard InChI is InChI=1S/C15H18N2OS/c1-11(14-8-5-9-19-14)17-15(18)13(10-16)12-6-3-2-4-7-12/h2-9,11,13H,10,16H2,1H3,(H,17,18). The van der Waals surface area contributed by atoms with Crippen LogP contribution in [0.2, 0.25) is 0 Å². The maximum atomic E-state index is 12.3. The summed E-state index contributed by atoms with van der Waals surface area (Å²) in [6.45, 7) is 2.30. The van der Waals surface area contributed by atoms with Gasteiger partial charge in [0.25, 0.3) is 0 Å². The number of nitrogens with two attached hydrogens (primary N) is 1. The van der Waals surface area contributed by atoms with Crippen molar-refractivity contribution < 1.29 is 4.79 Å². The average Bonchev–Trinajstić information content (AvgIpc) is 2.94. The molecule has 1 aromatic carbocycles. The molecule has 100 valence electrons. The Balaban J connectivity index is 2.06. The van der Waals surface area contributed by atoms with E-state index in [9.17, 15) is 4.79 Å². The van der Waals surface area contributed by atoms with E-state index in [-0.39, 0.29) is 17.9 Å². The first-order chi connectivity index (χ1) is 9.22. The predicted molar refractivity (Wildman–Crippen MR) is 79.1 cm³/mol. The molecule has 2 aromatic rings. The highest BCUT2D eigenvalue weighted by atomic mass is 32.1. The van der Waals surface area contributed by atoms with Crippen LogP contribution in [0.4, 0.5) is 0 Å². The van der Waals surface area contributed by atoms with E-state index in [0.29, 0.717) is 6.54 Å². The van der Waals surface area contributed by atoms with Gasteiger partial charge in [0, 0.05) is 11.4 Å². The molecule has 2 atom stereocenters. The number of carbonyl (C=O) groups excluding carboxylic acids is 1. The molecule has 0 saturated carbocycles. The third kappa shape index (κ3) is 3.43. The molecule has 3 N–H and O–H groups in total. The molecule has 0 radical (unpaired) electrons. The summed E-state index contributed by atoms with van der Waals surface area (Å²) < 4.78 is 0. The zero-order valence-corrected chi connectivity index (χ0v) is 11.7. The summed E-state index contributed by atoms with van der Waals surface area (Å²) in [5, 5.41) is 5.03. The largest absolute Gasteiger partial charge is 0.348 e. The van der Waals surface area contributed by atoms with Gasteiger partial charge in [0.05, 0.1) is 12.0 Å². The Labute approximate surface area is 117 Å². The lowest BCUT2D eigenvalue weighted by atomic mass is 9.98. The molecule has 0 bridgehead atoms. The Bertz CT molecular complexity index is 510. The van der Waals surface area contributed by atoms with Crippen LogP contribution < -0.4 is 11.1 Å². The minimum absolute atomic E-state index is 0.0188. The Morgan fingerprint density at radius 1 is 1.26 bits per heavy atom. The summed E-state index contributed by atoms with van der Waals surface area (Å²) in [5.74, 6) is -0.307. The Kier molecular flexibility index (Phi) is 4.71. The predicted octanol–water partition coefficient (Wildman–Crippen LogP) is 2.67. The van der Waals surface area contributed by atoms with Gasteiger partial charge in [-0.1, -0.05) is 36.4 Å². The van der Waals surface area contributed by atoms with Gasteiger partial charge < -0.3 is 11.1 Å². The first-order valence-corrected chi connectivity index (χ1v) is 7.19. The number of amides is 1. The maximum absolute atomic E-state index is 12.3. The fraction of sp³-hybridized carbons (Fsp3) is 0.267. The van der Waals surface area contributed by atoms with Gasteiger partial charge in [0.2, 0.25) is 5.91 Å². The molecular formula is C15H18N2OS. The van der Waals surface area contributed by atoms with E-state index in [2.05, 4.69) is 5.32 Å². The van der Waals surface area contributed by atoms with Crippen LogP contribution in [-0.4, -0.2) is 12.5 Å². The van der Waals surface area contributed by atoms with Crippen molar-refractivity contribution in [1.29, 1.82) is 0 Å². The van der Waals surface area contributed by atoms with Crippen LogP contribution in [0.15, 0.2) is 47.8 Å². The smallest absolute Gasteiger partial charge is 0.229 e. The number of carbonyl (C=O) groups is 1. The van der Waals surface area contributed by atoms with Crippen LogP contribution in [0.5, 0.6) is 0 Å². The number of hydrogen-bond acceptors (Lipinski definition) is 3. The van der Waals surface area contributed by atoms with Gasteiger partial charge in [-0.05, 0) is 23.9 Å². The monoisotopic (exact) mass is 274 g/mol. The Morgan fingerprint density at radius 2 is 2.00 bits per heavy atom. The van der Waals surface area contributed by atoms with Crippen molar-refractivity contribution >= 4 is 17.2 Å². The van der Waals surface area contributed by atoms with E-state index in [1.54, 1.807) is 11.3 Å². The van der Waals surface area contributed by atoms with Gasteiger partial charge in [-0.2, -0.15) is 0 Å². The molecule has 1 heterocycles. The first kappa shape index (κ1) is 13.8. The van der Waals surface area contributed by atoms with Crippen LogP contribution in [0.3, 0.4) is 0 Å². The van der Waals surface area contributed by atoms with Crippen molar-refractivity contribution in [3.05, 3.63) is 58.3 Å². The van der Waals surface area contributed by atoms with Crippen molar-refractivity contribution in [1.82, 2.24) is 5.32 Å². The maximum Gasteiger partial charge on any atom is 0.229 e. The van der Waals surface area contributed by atoms with E-state index < -0.39 is 0 Å². The van der Waals surface area contributed by atoms with E-state index in [0.717, 1.165) is 10.4 Å². The highest BCUT2D eigenvalue weighted by Crippen LogP contribution is 2.20. The Hall–Kier alpha value is -1.65. The van der Waals surface area contributed by atoms with Gasteiger partial charge >= 0.3 is 0 Å². The van der Waals surface area contributed by atoms with Gasteiger partial charge in [0.1, 0.15) is 0 Å². The number of rotatable bonds is 5. The molecule has 0 fully saturated rings. The molecule has 2 unspecified atom stereocenters. The lowest BCUT2D eigenvalue weighted by Gasteiger charge is -2.18. The average molecular weight is 274 g/mol. The zero-order valence-electron chi connectivity index (χ0n) is 10.9. The minimum atomic E-state index is -0.288. The third-order valence-corrected chi connectivity index (χ3v) is 4.14. The molecule has 0 aliphatic carbocycles. The fourth-order valence-corrected chi connectivity index (χ4v) is 2.74. The summed E-state index contributed by atoms with van der Waals surface area (Å²) >= 11 is 1.64. The molecule has 1 aromatic heterocycles. The molecule has 2 rings (SSSR count). The van der Waals surface area contributed by atoms with Gasteiger partial charge in [-0.25, -0.2) is 0 Å². The van der Waals surface area contributed by atoms with Crippen LogP contribution in [0.25, 0.3) is 0 Å². The quantitative estimate of drug-likeness (QED) is 0.880. The topological polar surface area (TPSA) is 55.1 Å². The molecule has 0 saturated heterocycles. The molecule has 4 heteroatoms. The van der Waals surface area contributed by atoms with Crippen LogP contribution in [0, 0.1) is 0 Å². The van der Waals surface area contributed by atoms with Crippen molar-refractivity contribution in [2.24, 2.45) is 5.73 Å². The first-order valence-electron chi connectivity index (χ1n) is 6.31. The number of thiophene rings is 1. The van der Waals surface area contributed by atoms with Crippen molar-refractivity contribution in [2.45, 2.75) is 18.9 Å². The third-order valence-electron chi connectivity index (χ3n) is 3.08. The molecule has 0 spiro atoms. The van der Waals surface area contributed by atoms with Crippen molar-refractivity contribution in [3.8, 4) is 0 Å². The second kappa shape index (κ2) is 6.50. The van der Waals surface area contributed by atoms with Crippen molar-refractivity contribution in [2.75, 3.05) is 6.54 Å². The zero-order chi connectivity index (χ0) is 13.7. The molecule has 3 nitrogen and oxygen atoms in total. The lowest BCUT2D eigenvalue weighted by Crippen LogP contribution is -2.34. The van der Waals surface area contributed by atoms with Crippen molar-refractivity contribution in [3.63, 3.8) is 0 Å². The summed E-state index contributed by atoms with van der Waals surface area (Å²) in [6.07, 6.45) is 0. The SMILES string of the molecule is CC(NC(=O)C(CN)c1ccccc1)c1cccs1. The van der Waals surface area contributed by atoms with E-state index >= 15 is 0 Å². The van der Waals surface area contributed by atoms with E-state index in [1.807, 2.05) is 54.8 Å². The van der Waals surface area contributed by atoms with Gasteiger partial charge in [0.15, 0.2) is 0 Å². The van der Waals surface area contributed by atoms with Crippen LogP contribution >= 0.6 is 11.3 Å². The van der Waals surface area contributed by atoms with Crippen LogP contribution in [-0.2, 0) is 4.79 Å². The summed E-state index contributed by atoms with van der Waals surface area (Å²) in [6, 6.07) is 13.7. The van der Waals surface area contributed by atoms with E-state index in [1.165, 1.54) is 0 Å². The molecular weight excluding hydrogens is 256 g/mol. The summed E-state index contributed by atoms with van der Waals surface area (Å²) in [4.78, 5) is 13.4. The van der Waals surface area contributed by atoms with Gasteiger partial charge in [-0.3, -0.25) is 4.79 Å². The molecule has 1 amide bonds. The van der Waals surface area contributed by atoms with Crippen LogP contribution in [0.1, 0.15) is 29.3 Å². The molecule has 0 aliphatic heterocycles. The second-order valence-electron chi connectivity index (χ2n) is 4.44. The highest BCUT2D eigenvalue weighted by molar-refractivity contribution is 7.10. The summed E-state index contributed by atoms with van der Waals surface area (Å²) in [7, 11) is 0. The van der Waals surface area contributed by atoms with Gasteiger partial charge in [-0.15, -0.1) is 11.3 Å². The molecule has 19 heavy (non-hydrogen) atoms. The second-order valence-corrected chi connectivity index (χ2v) is 5.42. The Morgan fingerprint density at radius 3 is 2.58 bits per heavy atom.